The lowest BCUT2D eigenvalue weighted by Gasteiger charge is -2.11. The van der Waals surface area contributed by atoms with Crippen molar-refractivity contribution in [1.29, 1.82) is 0 Å². The summed E-state index contributed by atoms with van der Waals surface area (Å²) < 4.78 is 44.4. The third-order valence-electron chi connectivity index (χ3n) is 3.79. The van der Waals surface area contributed by atoms with Gasteiger partial charge in [-0.1, -0.05) is 45.7 Å². The highest BCUT2D eigenvalue weighted by molar-refractivity contribution is 9.10. The number of alkyl halides is 3. The van der Waals surface area contributed by atoms with Crippen molar-refractivity contribution in [3.8, 4) is 5.75 Å². The summed E-state index contributed by atoms with van der Waals surface area (Å²) in [6.07, 6.45) is -2.19. The fraction of sp³-hybridized carbons (Fsp3) is 0.100. The van der Waals surface area contributed by atoms with E-state index in [9.17, 15) is 13.2 Å². The van der Waals surface area contributed by atoms with Crippen LogP contribution in [0.3, 0.4) is 0 Å². The number of hydrogen-bond acceptors (Lipinski definition) is 4. The number of pyridine rings is 1. The van der Waals surface area contributed by atoms with Gasteiger partial charge in [0.1, 0.15) is 18.2 Å². The maximum Gasteiger partial charge on any atom is 0.417 e. The highest BCUT2D eigenvalue weighted by Gasteiger charge is 2.30. The zero-order chi connectivity index (χ0) is 20.9. The Hall–Kier alpha value is -2.58. The number of nitrogens with one attached hydrogen (secondary N) is 1. The number of rotatable bonds is 6. The van der Waals surface area contributed by atoms with Crippen molar-refractivity contribution in [2.45, 2.75) is 12.8 Å². The van der Waals surface area contributed by atoms with Crippen LogP contribution in [-0.4, -0.2) is 11.2 Å². The molecule has 0 saturated heterocycles. The number of hydrogen-bond donors (Lipinski definition) is 1. The first-order chi connectivity index (χ1) is 13.8. The summed E-state index contributed by atoms with van der Waals surface area (Å²) in [5, 5.41) is 4.64. The molecule has 0 atom stereocenters. The van der Waals surface area contributed by atoms with Crippen LogP contribution in [0.25, 0.3) is 0 Å². The van der Waals surface area contributed by atoms with Gasteiger partial charge in [-0.2, -0.15) is 18.3 Å². The molecule has 0 bridgehead atoms. The molecule has 1 heterocycles. The summed E-state index contributed by atoms with van der Waals surface area (Å²) >= 11 is 9.53. The highest BCUT2D eigenvalue weighted by Crippen LogP contribution is 2.29. The van der Waals surface area contributed by atoms with E-state index in [0.717, 1.165) is 22.3 Å². The molecule has 29 heavy (non-hydrogen) atoms. The Labute approximate surface area is 178 Å². The van der Waals surface area contributed by atoms with Gasteiger partial charge < -0.3 is 4.74 Å². The predicted octanol–water partition coefficient (Wildman–Crippen LogP) is 6.54. The first-order valence-corrected chi connectivity index (χ1v) is 9.48. The molecule has 2 aromatic carbocycles. The molecule has 0 saturated carbocycles. The summed E-state index contributed by atoms with van der Waals surface area (Å²) in [6.45, 7) is 0.274. The van der Waals surface area contributed by atoms with Gasteiger partial charge in [-0.25, -0.2) is 4.98 Å². The Kier molecular flexibility index (Phi) is 6.76. The maximum atomic E-state index is 12.6. The number of ether oxygens (including phenoxy) is 1. The van der Waals surface area contributed by atoms with Gasteiger partial charge in [0.2, 0.25) is 0 Å². The summed E-state index contributed by atoms with van der Waals surface area (Å²) in [5.74, 6) is 0.752. The third kappa shape index (κ3) is 5.95. The zero-order valence-electron chi connectivity index (χ0n) is 14.8. The minimum atomic E-state index is -4.43. The number of nitrogens with zero attached hydrogens (tertiary/aromatic N) is 2. The van der Waals surface area contributed by atoms with Crippen molar-refractivity contribution in [2.75, 3.05) is 5.43 Å². The van der Waals surface area contributed by atoms with Gasteiger partial charge in [-0.3, -0.25) is 5.43 Å². The molecule has 1 aromatic heterocycles. The Morgan fingerprint density at radius 3 is 2.62 bits per heavy atom. The Bertz CT molecular complexity index is 1010. The molecule has 0 fully saturated rings. The van der Waals surface area contributed by atoms with Crippen LogP contribution in [0, 0.1) is 0 Å². The van der Waals surface area contributed by atoms with Crippen molar-refractivity contribution in [3.63, 3.8) is 0 Å². The third-order valence-corrected chi connectivity index (χ3v) is 4.65. The molecule has 0 unspecified atom stereocenters. The van der Waals surface area contributed by atoms with Gasteiger partial charge in [0.05, 0.1) is 11.8 Å². The molecule has 0 aliphatic rings. The normalized spacial score (nSPS) is 11.6. The Morgan fingerprint density at radius 1 is 1.14 bits per heavy atom. The SMILES string of the molecule is FC(F)(F)c1ccc(N/N=C\c2cc(Br)ccc2OCc2ccccc2Cl)nc1. The molecule has 0 spiro atoms. The van der Waals surface area contributed by atoms with Crippen LogP contribution < -0.4 is 10.2 Å². The molecular formula is C20H14BrClF3N3O. The fourth-order valence-corrected chi connectivity index (χ4v) is 2.89. The van der Waals surface area contributed by atoms with E-state index in [4.69, 9.17) is 16.3 Å². The van der Waals surface area contributed by atoms with E-state index >= 15 is 0 Å². The standard InChI is InChI=1S/C20H14BrClF3N3O/c21-16-6-7-18(29-12-13-3-1-2-4-17(13)22)14(9-16)10-27-28-19-8-5-15(11-26-19)20(23,24)25/h1-11H,12H2,(H,26,28)/b27-10-. The van der Waals surface area contributed by atoms with Crippen LogP contribution in [0.1, 0.15) is 16.7 Å². The molecule has 0 aliphatic heterocycles. The average Bonchev–Trinajstić information content (AvgIpc) is 2.68. The second-order valence-electron chi connectivity index (χ2n) is 5.86. The topological polar surface area (TPSA) is 46.5 Å². The van der Waals surface area contributed by atoms with Crippen molar-refractivity contribution < 1.29 is 17.9 Å². The molecule has 0 aliphatic carbocycles. The first kappa shape index (κ1) is 21.1. The smallest absolute Gasteiger partial charge is 0.417 e. The van der Waals surface area contributed by atoms with Crippen LogP contribution >= 0.6 is 27.5 Å². The first-order valence-electron chi connectivity index (χ1n) is 8.31. The van der Waals surface area contributed by atoms with E-state index in [1.54, 1.807) is 18.2 Å². The number of halogens is 5. The quantitative estimate of drug-likeness (QED) is 0.319. The zero-order valence-corrected chi connectivity index (χ0v) is 17.1. The van der Waals surface area contributed by atoms with Gasteiger partial charge in [0, 0.05) is 26.8 Å². The van der Waals surface area contributed by atoms with Crippen molar-refractivity contribution >= 4 is 39.6 Å². The molecule has 1 N–H and O–H groups in total. The van der Waals surface area contributed by atoms with Crippen LogP contribution in [-0.2, 0) is 12.8 Å². The van der Waals surface area contributed by atoms with E-state index in [0.29, 0.717) is 16.3 Å². The second-order valence-corrected chi connectivity index (χ2v) is 7.18. The lowest BCUT2D eigenvalue weighted by molar-refractivity contribution is -0.137. The lowest BCUT2D eigenvalue weighted by atomic mass is 10.2. The minimum Gasteiger partial charge on any atom is -0.488 e. The molecule has 3 aromatic rings. The van der Waals surface area contributed by atoms with E-state index < -0.39 is 11.7 Å². The highest BCUT2D eigenvalue weighted by atomic mass is 79.9. The molecule has 150 valence electrons. The van der Waals surface area contributed by atoms with E-state index in [2.05, 4.69) is 31.4 Å². The predicted molar refractivity (Wildman–Crippen MR) is 110 cm³/mol. The Morgan fingerprint density at radius 2 is 1.93 bits per heavy atom. The van der Waals surface area contributed by atoms with Gasteiger partial charge in [-0.15, -0.1) is 0 Å². The second kappa shape index (κ2) is 9.28. The van der Waals surface area contributed by atoms with Gasteiger partial charge in [0.15, 0.2) is 0 Å². The summed E-state index contributed by atoms with van der Waals surface area (Å²) in [5.41, 5.74) is 3.27. The molecule has 9 heteroatoms. The van der Waals surface area contributed by atoms with E-state index in [-0.39, 0.29) is 12.4 Å². The molecule has 3 rings (SSSR count). The number of aromatic nitrogens is 1. The monoisotopic (exact) mass is 483 g/mol. The average molecular weight is 485 g/mol. The fourth-order valence-electron chi connectivity index (χ4n) is 2.32. The van der Waals surface area contributed by atoms with Gasteiger partial charge in [-0.05, 0) is 36.4 Å². The maximum absolute atomic E-state index is 12.6. The van der Waals surface area contributed by atoms with E-state index in [1.807, 2.05) is 24.3 Å². The molecule has 4 nitrogen and oxygen atoms in total. The van der Waals surface area contributed by atoms with Crippen LogP contribution in [0.4, 0.5) is 19.0 Å². The lowest BCUT2D eigenvalue weighted by Crippen LogP contribution is -2.05. The summed E-state index contributed by atoms with van der Waals surface area (Å²) in [6, 6.07) is 14.9. The van der Waals surface area contributed by atoms with Crippen molar-refractivity contribution in [1.82, 2.24) is 4.98 Å². The van der Waals surface area contributed by atoms with Crippen LogP contribution in [0.2, 0.25) is 5.02 Å². The molecule has 0 radical (unpaired) electrons. The van der Waals surface area contributed by atoms with E-state index in [1.165, 1.54) is 12.3 Å². The Balaban J connectivity index is 1.70. The number of benzene rings is 2. The number of anilines is 1. The number of hydrazone groups is 1. The van der Waals surface area contributed by atoms with Gasteiger partial charge in [0.25, 0.3) is 0 Å². The minimum absolute atomic E-state index is 0.183. The molecular weight excluding hydrogens is 471 g/mol. The molecule has 0 amide bonds. The van der Waals surface area contributed by atoms with Crippen molar-refractivity contribution in [2.24, 2.45) is 5.10 Å². The van der Waals surface area contributed by atoms with Crippen LogP contribution in [0.15, 0.2) is 70.4 Å². The summed E-state index contributed by atoms with van der Waals surface area (Å²) in [4.78, 5) is 3.70. The van der Waals surface area contributed by atoms with Gasteiger partial charge >= 0.3 is 6.18 Å². The van der Waals surface area contributed by atoms with Crippen molar-refractivity contribution in [3.05, 3.63) is 87.0 Å². The van der Waals surface area contributed by atoms with Crippen LogP contribution in [0.5, 0.6) is 5.75 Å². The largest absolute Gasteiger partial charge is 0.488 e. The summed E-state index contributed by atoms with van der Waals surface area (Å²) in [7, 11) is 0.